The molecule has 1 aliphatic carbocycles. The van der Waals surface area contributed by atoms with Gasteiger partial charge in [0.15, 0.2) is 5.41 Å². The van der Waals surface area contributed by atoms with Crippen molar-refractivity contribution in [2.24, 2.45) is 11.3 Å². The van der Waals surface area contributed by atoms with E-state index in [9.17, 15) is 14.7 Å². The first-order valence-corrected chi connectivity index (χ1v) is 6.37. The van der Waals surface area contributed by atoms with Crippen molar-refractivity contribution in [2.75, 3.05) is 13.2 Å². The van der Waals surface area contributed by atoms with Gasteiger partial charge >= 0.3 is 11.9 Å². The second kappa shape index (κ2) is 5.26. The molecule has 1 N–H and O–H groups in total. The second-order valence-corrected chi connectivity index (χ2v) is 5.16. The molecular formula is C13H22O5. The number of hydrogen-bond donors (Lipinski definition) is 1. The minimum absolute atomic E-state index is 0.0544. The lowest BCUT2D eigenvalue weighted by Crippen LogP contribution is -2.41. The Kier molecular flexibility index (Phi) is 4.37. The third-order valence-corrected chi connectivity index (χ3v) is 3.71. The number of ether oxygens (including phenoxy) is 2. The number of rotatable bonds is 4. The summed E-state index contributed by atoms with van der Waals surface area (Å²) < 4.78 is 9.97. The molecule has 1 rings (SSSR count). The molecule has 18 heavy (non-hydrogen) atoms. The van der Waals surface area contributed by atoms with Crippen LogP contribution in [0.4, 0.5) is 0 Å². The lowest BCUT2D eigenvalue weighted by atomic mass is 9.84. The van der Waals surface area contributed by atoms with Crippen LogP contribution < -0.4 is 0 Å². The van der Waals surface area contributed by atoms with Gasteiger partial charge in [-0.1, -0.05) is 6.92 Å². The van der Waals surface area contributed by atoms with E-state index in [0.717, 1.165) is 0 Å². The van der Waals surface area contributed by atoms with E-state index >= 15 is 0 Å². The molecule has 5 nitrogen and oxygen atoms in total. The molecule has 0 aromatic heterocycles. The van der Waals surface area contributed by atoms with Crippen molar-refractivity contribution in [3.05, 3.63) is 0 Å². The van der Waals surface area contributed by atoms with Crippen LogP contribution in [-0.4, -0.2) is 35.9 Å². The Labute approximate surface area is 107 Å². The SMILES string of the molecule is CCOC(=O)C1(C(=O)OCC)C[C@H](C)[C@](C)(O)C1. The standard InChI is InChI=1S/C13H22O5/c1-5-17-10(14)13(11(15)18-6-2)7-9(3)12(4,16)8-13/h9,16H,5-8H2,1-4H3/t9-,12+/m0/s1. The van der Waals surface area contributed by atoms with Gasteiger partial charge in [-0.25, -0.2) is 0 Å². The molecule has 5 heteroatoms. The molecule has 2 atom stereocenters. The fourth-order valence-electron chi connectivity index (χ4n) is 2.53. The zero-order chi connectivity index (χ0) is 14.0. The van der Waals surface area contributed by atoms with Crippen molar-refractivity contribution >= 4 is 11.9 Å². The molecule has 0 heterocycles. The summed E-state index contributed by atoms with van der Waals surface area (Å²) in [4.78, 5) is 24.2. The lowest BCUT2D eigenvalue weighted by Gasteiger charge is -2.25. The van der Waals surface area contributed by atoms with Gasteiger partial charge in [-0.05, 0) is 33.1 Å². The van der Waals surface area contributed by atoms with E-state index in [1.165, 1.54) is 0 Å². The molecule has 1 saturated carbocycles. The summed E-state index contributed by atoms with van der Waals surface area (Å²) in [5.41, 5.74) is -2.41. The van der Waals surface area contributed by atoms with Gasteiger partial charge < -0.3 is 14.6 Å². The summed E-state index contributed by atoms with van der Waals surface area (Å²) in [6.45, 7) is 7.24. The summed E-state index contributed by atoms with van der Waals surface area (Å²) >= 11 is 0. The number of aliphatic hydroxyl groups is 1. The fraction of sp³-hybridized carbons (Fsp3) is 0.846. The maximum Gasteiger partial charge on any atom is 0.323 e. The molecule has 0 bridgehead atoms. The van der Waals surface area contributed by atoms with Crippen molar-refractivity contribution < 1.29 is 24.2 Å². The van der Waals surface area contributed by atoms with Crippen molar-refractivity contribution in [2.45, 2.75) is 46.1 Å². The Morgan fingerprint density at radius 3 is 1.94 bits per heavy atom. The maximum atomic E-state index is 12.1. The number of esters is 2. The van der Waals surface area contributed by atoms with Crippen molar-refractivity contribution in [1.82, 2.24) is 0 Å². The van der Waals surface area contributed by atoms with Crippen LogP contribution in [-0.2, 0) is 19.1 Å². The highest BCUT2D eigenvalue weighted by molar-refractivity contribution is 6.00. The van der Waals surface area contributed by atoms with Gasteiger partial charge in [-0.15, -0.1) is 0 Å². The first-order chi connectivity index (χ1) is 8.30. The molecule has 104 valence electrons. The van der Waals surface area contributed by atoms with E-state index in [1.54, 1.807) is 20.8 Å². The number of hydrogen-bond acceptors (Lipinski definition) is 5. The molecule has 0 saturated heterocycles. The molecule has 0 aromatic carbocycles. The Morgan fingerprint density at radius 2 is 1.67 bits per heavy atom. The third kappa shape index (κ3) is 2.51. The summed E-state index contributed by atoms with van der Waals surface area (Å²) in [6.07, 6.45) is 0.316. The van der Waals surface area contributed by atoms with E-state index in [-0.39, 0.29) is 32.0 Å². The highest BCUT2D eigenvalue weighted by Gasteiger charge is 2.60. The summed E-state index contributed by atoms with van der Waals surface area (Å²) in [6, 6.07) is 0. The van der Waals surface area contributed by atoms with Crippen LogP contribution >= 0.6 is 0 Å². The van der Waals surface area contributed by atoms with Crippen LogP contribution in [0.3, 0.4) is 0 Å². The van der Waals surface area contributed by atoms with Gasteiger partial charge in [0.25, 0.3) is 0 Å². The molecule has 0 amide bonds. The Morgan fingerprint density at radius 1 is 1.22 bits per heavy atom. The van der Waals surface area contributed by atoms with Gasteiger partial charge in [0.2, 0.25) is 0 Å². The molecular weight excluding hydrogens is 236 g/mol. The van der Waals surface area contributed by atoms with Crippen LogP contribution in [0.15, 0.2) is 0 Å². The smallest absolute Gasteiger partial charge is 0.323 e. The quantitative estimate of drug-likeness (QED) is 0.607. The average Bonchev–Trinajstić information content (AvgIpc) is 2.52. The van der Waals surface area contributed by atoms with Crippen LogP contribution in [0.1, 0.15) is 40.5 Å². The van der Waals surface area contributed by atoms with Gasteiger partial charge in [-0.3, -0.25) is 9.59 Å². The van der Waals surface area contributed by atoms with Gasteiger partial charge in [-0.2, -0.15) is 0 Å². The van der Waals surface area contributed by atoms with Crippen molar-refractivity contribution in [3.63, 3.8) is 0 Å². The fourth-order valence-corrected chi connectivity index (χ4v) is 2.53. The van der Waals surface area contributed by atoms with Crippen LogP contribution in [0, 0.1) is 11.3 Å². The molecule has 0 unspecified atom stereocenters. The predicted molar refractivity (Wildman–Crippen MR) is 64.7 cm³/mol. The summed E-state index contributed by atoms with van der Waals surface area (Å²) in [7, 11) is 0. The molecule has 0 spiro atoms. The zero-order valence-electron chi connectivity index (χ0n) is 11.5. The van der Waals surface area contributed by atoms with Crippen LogP contribution in [0.2, 0.25) is 0 Å². The van der Waals surface area contributed by atoms with E-state index in [2.05, 4.69) is 0 Å². The summed E-state index contributed by atoms with van der Waals surface area (Å²) in [5, 5.41) is 10.2. The second-order valence-electron chi connectivity index (χ2n) is 5.16. The Bertz CT molecular complexity index is 316. The van der Waals surface area contributed by atoms with E-state index in [1.807, 2.05) is 6.92 Å². The molecule has 0 aliphatic heterocycles. The average molecular weight is 258 g/mol. The molecule has 0 radical (unpaired) electrons. The Balaban J connectivity index is 3.05. The van der Waals surface area contributed by atoms with E-state index in [0.29, 0.717) is 0 Å². The first kappa shape index (κ1) is 15.0. The minimum Gasteiger partial charge on any atom is -0.465 e. The van der Waals surface area contributed by atoms with E-state index in [4.69, 9.17) is 9.47 Å². The topological polar surface area (TPSA) is 72.8 Å². The predicted octanol–water partition coefficient (Wildman–Crippen LogP) is 1.28. The zero-order valence-corrected chi connectivity index (χ0v) is 11.5. The van der Waals surface area contributed by atoms with Crippen LogP contribution in [0.5, 0.6) is 0 Å². The monoisotopic (exact) mass is 258 g/mol. The van der Waals surface area contributed by atoms with Crippen molar-refractivity contribution in [1.29, 1.82) is 0 Å². The van der Waals surface area contributed by atoms with Gasteiger partial charge in [0.05, 0.1) is 18.8 Å². The molecule has 1 fully saturated rings. The third-order valence-electron chi connectivity index (χ3n) is 3.71. The van der Waals surface area contributed by atoms with Crippen LogP contribution in [0.25, 0.3) is 0 Å². The molecule has 1 aliphatic rings. The molecule has 0 aromatic rings. The largest absolute Gasteiger partial charge is 0.465 e. The van der Waals surface area contributed by atoms with Gasteiger partial charge in [0.1, 0.15) is 0 Å². The number of carbonyl (C=O) groups is 2. The normalized spacial score (nSPS) is 29.9. The van der Waals surface area contributed by atoms with Crippen molar-refractivity contribution in [3.8, 4) is 0 Å². The minimum atomic E-state index is -1.35. The first-order valence-electron chi connectivity index (χ1n) is 6.37. The highest BCUT2D eigenvalue weighted by atomic mass is 16.6. The maximum absolute atomic E-state index is 12.1. The van der Waals surface area contributed by atoms with E-state index < -0.39 is 23.0 Å². The Hall–Kier alpha value is -1.10. The summed E-state index contributed by atoms with van der Waals surface area (Å²) in [5.74, 6) is -1.34. The lowest BCUT2D eigenvalue weighted by molar-refractivity contribution is -0.173. The highest BCUT2D eigenvalue weighted by Crippen LogP contribution is 2.49. The number of carbonyl (C=O) groups excluding carboxylic acids is 2. The van der Waals surface area contributed by atoms with Gasteiger partial charge in [0, 0.05) is 6.42 Å².